The monoisotopic (exact) mass is 414 g/mol. The van der Waals surface area contributed by atoms with Gasteiger partial charge < -0.3 is 15.0 Å². The molecule has 1 amide bonds. The molecule has 0 radical (unpaired) electrons. The maximum absolute atomic E-state index is 13.2. The molecule has 1 fully saturated rings. The number of hydrogen-bond acceptors (Lipinski definition) is 5. The molecule has 2 aliphatic rings. The highest BCUT2D eigenvalue weighted by molar-refractivity contribution is 5.95. The Morgan fingerprint density at radius 2 is 1.84 bits per heavy atom. The second-order valence-corrected chi connectivity index (χ2v) is 8.55. The van der Waals surface area contributed by atoms with Crippen LogP contribution in [-0.4, -0.2) is 46.7 Å². The fraction of sp³-hybridized carbons (Fsp3) is 0.320. The van der Waals surface area contributed by atoms with Crippen molar-refractivity contribution in [2.75, 3.05) is 20.1 Å². The van der Waals surface area contributed by atoms with Crippen molar-refractivity contribution in [3.63, 3.8) is 0 Å². The lowest BCUT2D eigenvalue weighted by atomic mass is 9.80. The van der Waals surface area contributed by atoms with Crippen LogP contribution in [0.4, 0.5) is 0 Å². The van der Waals surface area contributed by atoms with Crippen LogP contribution in [0.15, 0.2) is 66.9 Å². The maximum atomic E-state index is 13.2. The van der Waals surface area contributed by atoms with E-state index in [1.807, 2.05) is 54.6 Å². The largest absolute Gasteiger partial charge is 0.487 e. The topological polar surface area (TPSA) is 67.4 Å². The zero-order valence-electron chi connectivity index (χ0n) is 17.6. The highest BCUT2D eigenvalue weighted by atomic mass is 16.5. The van der Waals surface area contributed by atoms with Crippen molar-refractivity contribution in [2.45, 2.75) is 30.9 Å². The molecule has 1 N–H and O–H groups in total. The van der Waals surface area contributed by atoms with Crippen LogP contribution in [0.3, 0.4) is 0 Å². The van der Waals surface area contributed by atoms with Crippen molar-refractivity contribution < 1.29 is 9.53 Å². The third-order valence-corrected chi connectivity index (χ3v) is 6.39. The van der Waals surface area contributed by atoms with Crippen LogP contribution in [0.1, 0.15) is 41.2 Å². The van der Waals surface area contributed by atoms with Gasteiger partial charge in [-0.25, -0.2) is 0 Å². The first-order valence-corrected chi connectivity index (χ1v) is 10.8. The molecule has 1 aromatic heterocycles. The quantitative estimate of drug-likeness (QED) is 0.705. The van der Waals surface area contributed by atoms with Gasteiger partial charge in [0.1, 0.15) is 11.4 Å². The predicted octanol–water partition coefficient (Wildman–Crippen LogP) is 3.86. The Morgan fingerprint density at radius 3 is 2.65 bits per heavy atom. The molecule has 6 nitrogen and oxygen atoms in total. The van der Waals surface area contributed by atoms with Crippen LogP contribution in [0.5, 0.6) is 5.75 Å². The number of nitrogens with one attached hydrogen (secondary N) is 1. The summed E-state index contributed by atoms with van der Waals surface area (Å²) < 4.78 is 6.50. The van der Waals surface area contributed by atoms with Crippen LogP contribution >= 0.6 is 0 Å². The van der Waals surface area contributed by atoms with Gasteiger partial charge in [-0.2, -0.15) is 10.2 Å². The van der Waals surface area contributed by atoms with Gasteiger partial charge in [0.15, 0.2) is 0 Å². The summed E-state index contributed by atoms with van der Waals surface area (Å²) in [5.74, 6) is 0.735. The number of para-hydroxylation sites is 1. The predicted molar refractivity (Wildman–Crippen MR) is 119 cm³/mol. The van der Waals surface area contributed by atoms with Gasteiger partial charge >= 0.3 is 0 Å². The van der Waals surface area contributed by atoms with E-state index in [1.165, 1.54) is 6.20 Å². The lowest BCUT2D eigenvalue weighted by Gasteiger charge is -2.46. The molecule has 1 saturated heterocycles. The number of hydrogen-bond donors (Lipinski definition) is 1. The number of amides is 1. The van der Waals surface area contributed by atoms with E-state index in [9.17, 15) is 4.79 Å². The molecule has 6 heteroatoms. The van der Waals surface area contributed by atoms with Crippen molar-refractivity contribution in [1.29, 1.82) is 0 Å². The van der Waals surface area contributed by atoms with Crippen LogP contribution in [0.2, 0.25) is 0 Å². The summed E-state index contributed by atoms with van der Waals surface area (Å²) in [6.07, 6.45) is 4.21. The van der Waals surface area contributed by atoms with Gasteiger partial charge in [-0.3, -0.25) is 4.79 Å². The summed E-state index contributed by atoms with van der Waals surface area (Å²) in [5.41, 5.74) is 2.93. The number of carbonyl (C=O) groups excluding carboxylic acids is 1. The molecule has 158 valence electrons. The van der Waals surface area contributed by atoms with E-state index >= 15 is 0 Å². The average molecular weight is 415 g/mol. The SMILES string of the molecule is CN1CCC2(CC1)CC(NC(=O)c1cnnc(-c3ccccc3)c1)c1ccccc1O2. The van der Waals surface area contributed by atoms with Crippen LogP contribution in [0.25, 0.3) is 11.3 Å². The van der Waals surface area contributed by atoms with Crippen LogP contribution < -0.4 is 10.1 Å². The standard InChI is InChI=1S/C25H26N4O2/c1-29-13-11-25(12-14-29)16-22(20-9-5-6-10-23(20)31-25)27-24(30)19-15-21(28-26-17-19)18-7-3-2-4-8-18/h2-10,15,17,22H,11-14,16H2,1H3,(H,27,30). The lowest BCUT2D eigenvalue weighted by molar-refractivity contribution is -0.0195. The highest BCUT2D eigenvalue weighted by Crippen LogP contribution is 2.44. The molecule has 0 saturated carbocycles. The fourth-order valence-corrected chi connectivity index (χ4v) is 4.56. The molecule has 0 bridgehead atoms. The Hall–Kier alpha value is -3.25. The van der Waals surface area contributed by atoms with E-state index in [1.54, 1.807) is 6.07 Å². The zero-order chi connectivity index (χ0) is 21.3. The Labute approximate surface area is 182 Å². The summed E-state index contributed by atoms with van der Waals surface area (Å²) in [5, 5.41) is 11.5. The number of fused-ring (bicyclic) bond motifs is 1. The molecule has 1 spiro atoms. The second kappa shape index (κ2) is 8.12. The Bertz CT molecular complexity index is 1080. The fourth-order valence-electron chi connectivity index (χ4n) is 4.56. The number of carbonyl (C=O) groups is 1. The minimum atomic E-state index is -0.232. The number of benzene rings is 2. The molecule has 31 heavy (non-hydrogen) atoms. The second-order valence-electron chi connectivity index (χ2n) is 8.55. The Balaban J connectivity index is 1.40. The van der Waals surface area contributed by atoms with E-state index in [2.05, 4.69) is 27.5 Å². The molecule has 2 aliphatic heterocycles. The summed E-state index contributed by atoms with van der Waals surface area (Å²) >= 11 is 0. The van der Waals surface area contributed by atoms with Gasteiger partial charge in [0.25, 0.3) is 5.91 Å². The van der Waals surface area contributed by atoms with E-state index in [0.29, 0.717) is 11.3 Å². The maximum Gasteiger partial charge on any atom is 0.253 e. The molecular weight excluding hydrogens is 388 g/mol. The van der Waals surface area contributed by atoms with Gasteiger partial charge in [-0.1, -0.05) is 48.5 Å². The van der Waals surface area contributed by atoms with Gasteiger partial charge in [0.05, 0.1) is 23.5 Å². The Kier molecular flexibility index (Phi) is 5.16. The van der Waals surface area contributed by atoms with Crippen LogP contribution in [-0.2, 0) is 0 Å². The molecule has 1 unspecified atom stereocenters. The Morgan fingerprint density at radius 1 is 1.10 bits per heavy atom. The van der Waals surface area contributed by atoms with Crippen molar-refractivity contribution in [3.8, 4) is 17.0 Å². The number of ether oxygens (including phenoxy) is 1. The number of nitrogens with zero attached hydrogens (tertiary/aromatic N) is 3. The van der Waals surface area contributed by atoms with Gasteiger partial charge in [0.2, 0.25) is 0 Å². The van der Waals surface area contributed by atoms with Crippen molar-refractivity contribution in [1.82, 2.24) is 20.4 Å². The lowest BCUT2D eigenvalue weighted by Crippen LogP contribution is -2.51. The van der Waals surface area contributed by atoms with E-state index in [4.69, 9.17) is 4.74 Å². The third-order valence-electron chi connectivity index (χ3n) is 6.39. The number of aromatic nitrogens is 2. The summed E-state index contributed by atoms with van der Waals surface area (Å²) in [4.78, 5) is 15.5. The van der Waals surface area contributed by atoms with Crippen molar-refractivity contribution in [2.24, 2.45) is 0 Å². The average Bonchev–Trinajstić information content (AvgIpc) is 2.82. The van der Waals surface area contributed by atoms with Gasteiger partial charge in [-0.05, 0) is 32.0 Å². The summed E-state index contributed by atoms with van der Waals surface area (Å²) in [7, 11) is 2.14. The molecule has 0 aliphatic carbocycles. The molecule has 3 heterocycles. The summed E-state index contributed by atoms with van der Waals surface area (Å²) in [6, 6.07) is 19.5. The van der Waals surface area contributed by atoms with Gasteiger partial charge in [0, 0.05) is 30.6 Å². The van der Waals surface area contributed by atoms with E-state index < -0.39 is 0 Å². The number of rotatable bonds is 3. The summed E-state index contributed by atoms with van der Waals surface area (Å²) in [6.45, 7) is 2.00. The highest BCUT2D eigenvalue weighted by Gasteiger charge is 2.43. The van der Waals surface area contributed by atoms with E-state index in [0.717, 1.165) is 49.2 Å². The molecule has 5 rings (SSSR count). The first-order chi connectivity index (χ1) is 15.1. The number of likely N-dealkylation sites (tertiary alicyclic amines) is 1. The van der Waals surface area contributed by atoms with Crippen molar-refractivity contribution >= 4 is 5.91 Å². The molecule has 3 aromatic rings. The van der Waals surface area contributed by atoms with Gasteiger partial charge in [-0.15, -0.1) is 0 Å². The third kappa shape index (κ3) is 4.03. The molecular formula is C25H26N4O2. The molecule has 2 aromatic carbocycles. The zero-order valence-corrected chi connectivity index (χ0v) is 17.6. The van der Waals surface area contributed by atoms with Crippen LogP contribution in [0, 0.1) is 0 Å². The minimum Gasteiger partial charge on any atom is -0.487 e. The minimum absolute atomic E-state index is 0.103. The molecule has 1 atom stereocenters. The normalized spacial score (nSPS) is 20.0. The van der Waals surface area contributed by atoms with E-state index in [-0.39, 0.29) is 17.6 Å². The first-order valence-electron chi connectivity index (χ1n) is 10.8. The smallest absolute Gasteiger partial charge is 0.253 e. The number of piperidine rings is 1. The van der Waals surface area contributed by atoms with Crippen molar-refractivity contribution in [3.05, 3.63) is 78.0 Å². The first kappa shape index (κ1) is 19.7.